The molecule has 92 valence electrons. The van der Waals surface area contributed by atoms with E-state index in [2.05, 4.69) is 16.9 Å². The average molecular weight is 234 g/mol. The molecular formula is C12H18N4O. The minimum absolute atomic E-state index is 0.0346. The Morgan fingerprint density at radius 1 is 1.65 bits per heavy atom. The van der Waals surface area contributed by atoms with E-state index in [-0.39, 0.29) is 5.84 Å². The summed E-state index contributed by atoms with van der Waals surface area (Å²) in [6.07, 6.45) is 4.21. The molecule has 1 saturated carbocycles. The number of amidine groups is 1. The summed E-state index contributed by atoms with van der Waals surface area (Å²) >= 11 is 0. The van der Waals surface area contributed by atoms with Gasteiger partial charge in [0.15, 0.2) is 0 Å². The lowest BCUT2D eigenvalue weighted by Gasteiger charge is -2.15. The van der Waals surface area contributed by atoms with Gasteiger partial charge in [-0.2, -0.15) is 0 Å². The van der Waals surface area contributed by atoms with Gasteiger partial charge in [-0.15, -0.1) is 0 Å². The first-order chi connectivity index (χ1) is 8.16. The molecule has 5 heteroatoms. The summed E-state index contributed by atoms with van der Waals surface area (Å²) < 4.78 is 5.54. The van der Waals surface area contributed by atoms with Crippen molar-refractivity contribution in [2.75, 3.05) is 20.2 Å². The Morgan fingerprint density at radius 3 is 3.06 bits per heavy atom. The summed E-state index contributed by atoms with van der Waals surface area (Å²) in [6, 6.07) is 4.14. The summed E-state index contributed by atoms with van der Waals surface area (Å²) in [7, 11) is 2.11. The maximum atomic E-state index is 7.33. The largest absolute Gasteiger partial charge is 0.476 e. The topological polar surface area (TPSA) is 75.2 Å². The van der Waals surface area contributed by atoms with Gasteiger partial charge in [0.25, 0.3) is 0 Å². The van der Waals surface area contributed by atoms with Crippen molar-refractivity contribution in [3.8, 4) is 5.88 Å². The summed E-state index contributed by atoms with van der Waals surface area (Å²) in [6.45, 7) is 1.51. The number of ether oxygens (including phenoxy) is 1. The zero-order valence-electron chi connectivity index (χ0n) is 10.0. The molecule has 5 nitrogen and oxygen atoms in total. The number of hydrogen-bond acceptors (Lipinski definition) is 4. The van der Waals surface area contributed by atoms with E-state index in [1.165, 1.54) is 12.8 Å². The van der Waals surface area contributed by atoms with Crippen LogP contribution in [0.2, 0.25) is 0 Å². The lowest BCUT2D eigenvalue weighted by molar-refractivity contribution is 0.226. The highest BCUT2D eigenvalue weighted by atomic mass is 16.5. The summed E-state index contributed by atoms with van der Waals surface area (Å²) in [5.74, 6) is 0.564. The first-order valence-corrected chi connectivity index (χ1v) is 5.80. The van der Waals surface area contributed by atoms with Crippen LogP contribution in [-0.2, 0) is 0 Å². The van der Waals surface area contributed by atoms with E-state index in [9.17, 15) is 0 Å². The first kappa shape index (κ1) is 11.9. The third kappa shape index (κ3) is 3.42. The highest BCUT2D eigenvalue weighted by Gasteiger charge is 2.25. The van der Waals surface area contributed by atoms with Crippen LogP contribution in [0.15, 0.2) is 18.3 Å². The Bertz CT molecular complexity index is 403. The van der Waals surface area contributed by atoms with E-state index < -0.39 is 0 Å². The van der Waals surface area contributed by atoms with Crippen molar-refractivity contribution in [2.45, 2.75) is 18.9 Å². The van der Waals surface area contributed by atoms with Crippen LogP contribution in [-0.4, -0.2) is 42.0 Å². The number of nitrogen functional groups attached to an aromatic ring is 1. The molecular weight excluding hydrogens is 216 g/mol. The third-order valence-corrected chi connectivity index (χ3v) is 2.91. The summed E-state index contributed by atoms with van der Waals surface area (Å²) in [4.78, 5) is 6.39. The molecule has 0 saturated heterocycles. The molecule has 0 atom stereocenters. The third-order valence-electron chi connectivity index (χ3n) is 2.91. The minimum atomic E-state index is 0.0346. The van der Waals surface area contributed by atoms with Crippen molar-refractivity contribution in [3.63, 3.8) is 0 Å². The molecule has 0 aromatic carbocycles. The Morgan fingerprint density at radius 2 is 2.41 bits per heavy atom. The maximum absolute atomic E-state index is 7.33. The monoisotopic (exact) mass is 234 g/mol. The van der Waals surface area contributed by atoms with Crippen LogP contribution in [0.3, 0.4) is 0 Å². The number of rotatable bonds is 6. The van der Waals surface area contributed by atoms with Crippen molar-refractivity contribution in [1.29, 1.82) is 5.41 Å². The molecule has 0 radical (unpaired) electrons. The van der Waals surface area contributed by atoms with E-state index >= 15 is 0 Å². The lowest BCUT2D eigenvalue weighted by Crippen LogP contribution is -2.26. The van der Waals surface area contributed by atoms with Gasteiger partial charge in [-0.3, -0.25) is 5.41 Å². The number of likely N-dealkylation sites (N-methyl/N-ethyl adjacent to an activating group) is 1. The van der Waals surface area contributed by atoms with Crippen LogP contribution in [0.4, 0.5) is 0 Å². The van der Waals surface area contributed by atoms with Crippen molar-refractivity contribution < 1.29 is 4.74 Å². The Labute approximate surface area is 101 Å². The predicted octanol–water partition coefficient (Wildman–Crippen LogP) is 0.839. The van der Waals surface area contributed by atoms with E-state index in [0.29, 0.717) is 18.1 Å². The second kappa shape index (κ2) is 5.14. The number of pyridine rings is 1. The van der Waals surface area contributed by atoms with Crippen molar-refractivity contribution in [2.24, 2.45) is 5.73 Å². The molecule has 1 aliphatic carbocycles. The molecule has 1 fully saturated rings. The fourth-order valence-electron chi connectivity index (χ4n) is 1.65. The first-order valence-electron chi connectivity index (χ1n) is 5.80. The number of nitrogens with one attached hydrogen (secondary N) is 1. The molecule has 0 spiro atoms. The number of nitrogens with two attached hydrogens (primary N) is 1. The van der Waals surface area contributed by atoms with Gasteiger partial charge in [0.1, 0.15) is 12.4 Å². The predicted molar refractivity (Wildman–Crippen MR) is 66.4 cm³/mol. The van der Waals surface area contributed by atoms with E-state index in [4.69, 9.17) is 15.9 Å². The molecule has 17 heavy (non-hydrogen) atoms. The van der Waals surface area contributed by atoms with E-state index in [0.717, 1.165) is 12.6 Å². The Hall–Kier alpha value is -1.62. The zero-order chi connectivity index (χ0) is 12.3. The molecule has 1 aromatic rings. The highest BCUT2D eigenvalue weighted by molar-refractivity contribution is 5.95. The quantitative estimate of drug-likeness (QED) is 0.565. The van der Waals surface area contributed by atoms with Crippen LogP contribution in [0, 0.1) is 5.41 Å². The summed E-state index contributed by atoms with van der Waals surface area (Å²) in [5, 5.41) is 7.33. The van der Waals surface area contributed by atoms with Gasteiger partial charge < -0.3 is 15.4 Å². The minimum Gasteiger partial charge on any atom is -0.476 e. The molecule has 0 unspecified atom stereocenters. The lowest BCUT2D eigenvalue weighted by atomic mass is 10.2. The van der Waals surface area contributed by atoms with Gasteiger partial charge in [-0.25, -0.2) is 4.98 Å². The van der Waals surface area contributed by atoms with Gasteiger partial charge in [0.2, 0.25) is 5.88 Å². The zero-order valence-corrected chi connectivity index (χ0v) is 10.0. The van der Waals surface area contributed by atoms with Crippen LogP contribution in [0.1, 0.15) is 18.4 Å². The standard InChI is InChI=1S/C12H18N4O/c1-16(10-2-3-10)6-7-17-11-8-9(12(13)14)4-5-15-11/h4-5,8,10H,2-3,6-7H2,1H3,(H3,13,14). The average Bonchev–Trinajstić information content (AvgIpc) is 3.13. The second-order valence-corrected chi connectivity index (χ2v) is 4.36. The molecule has 3 N–H and O–H groups in total. The van der Waals surface area contributed by atoms with Crippen molar-refractivity contribution in [3.05, 3.63) is 23.9 Å². The fourth-order valence-corrected chi connectivity index (χ4v) is 1.65. The van der Waals surface area contributed by atoms with Crippen LogP contribution in [0.5, 0.6) is 5.88 Å². The van der Waals surface area contributed by atoms with Gasteiger partial charge in [0.05, 0.1) is 0 Å². The highest BCUT2D eigenvalue weighted by Crippen LogP contribution is 2.24. The van der Waals surface area contributed by atoms with Crippen LogP contribution >= 0.6 is 0 Å². The SMILES string of the molecule is CN(CCOc1cc(C(=N)N)ccn1)C1CC1. The van der Waals surface area contributed by atoms with Crippen molar-refractivity contribution in [1.82, 2.24) is 9.88 Å². The molecule has 1 aromatic heterocycles. The number of hydrogen-bond donors (Lipinski definition) is 2. The van der Waals surface area contributed by atoms with Gasteiger partial charge >= 0.3 is 0 Å². The Balaban J connectivity index is 1.81. The molecule has 1 aliphatic rings. The van der Waals surface area contributed by atoms with E-state index in [1.807, 2.05) is 0 Å². The molecule has 0 aliphatic heterocycles. The number of nitrogens with zero attached hydrogens (tertiary/aromatic N) is 2. The van der Waals surface area contributed by atoms with Gasteiger partial charge in [0, 0.05) is 30.4 Å². The molecule has 1 heterocycles. The Kier molecular flexibility index (Phi) is 3.58. The smallest absolute Gasteiger partial charge is 0.213 e. The van der Waals surface area contributed by atoms with Crippen LogP contribution in [0.25, 0.3) is 0 Å². The van der Waals surface area contributed by atoms with Gasteiger partial charge in [-0.05, 0) is 26.0 Å². The number of aromatic nitrogens is 1. The fraction of sp³-hybridized carbons (Fsp3) is 0.500. The molecule has 0 amide bonds. The van der Waals surface area contributed by atoms with Crippen LogP contribution < -0.4 is 10.5 Å². The molecule has 0 bridgehead atoms. The molecule has 2 rings (SSSR count). The van der Waals surface area contributed by atoms with E-state index in [1.54, 1.807) is 18.3 Å². The van der Waals surface area contributed by atoms with Gasteiger partial charge in [-0.1, -0.05) is 0 Å². The normalized spacial score (nSPS) is 14.9. The summed E-state index contributed by atoms with van der Waals surface area (Å²) in [5.41, 5.74) is 6.04. The van der Waals surface area contributed by atoms with Crippen molar-refractivity contribution >= 4 is 5.84 Å². The second-order valence-electron chi connectivity index (χ2n) is 4.36. The maximum Gasteiger partial charge on any atom is 0.213 e.